The van der Waals surface area contributed by atoms with Crippen molar-refractivity contribution in [1.82, 2.24) is 0 Å². The molecular weight excluding hydrogens is 391 g/mol. The molecule has 0 spiro atoms. The highest BCUT2D eigenvalue weighted by atomic mass is 31.2. The van der Waals surface area contributed by atoms with Crippen LogP contribution in [0.5, 0.6) is 0 Å². The van der Waals surface area contributed by atoms with E-state index in [9.17, 15) is 14.4 Å². The first-order valence-electron chi connectivity index (χ1n) is 12.7. The number of hydrogen-bond acceptors (Lipinski definition) is 3. The second-order valence-electron chi connectivity index (χ2n) is 9.45. The van der Waals surface area contributed by atoms with E-state index in [0.29, 0.717) is 32.1 Å². The van der Waals surface area contributed by atoms with Gasteiger partial charge in [-0.25, -0.2) is 0 Å². The maximum atomic E-state index is 12.2. The third-order valence-corrected chi connectivity index (χ3v) is 11.3. The van der Waals surface area contributed by atoms with Gasteiger partial charge in [0.15, 0.2) is 0 Å². The lowest BCUT2D eigenvalue weighted by Gasteiger charge is -2.28. The molecule has 0 heterocycles. The SMILES string of the molecule is CCCC[P+](CCCC)(CCCC)CCCCC(=O)CCC(=O)CCC(=O)C(C)C. The third-order valence-electron chi connectivity index (χ3n) is 6.27. The number of unbranched alkanes of at least 4 members (excludes halogenated alkanes) is 4. The summed E-state index contributed by atoms with van der Waals surface area (Å²) in [7, 11) is -0.861. The molecule has 0 aliphatic rings. The van der Waals surface area contributed by atoms with E-state index in [0.717, 1.165) is 6.42 Å². The first-order chi connectivity index (χ1) is 14.3. The van der Waals surface area contributed by atoms with E-state index in [1.165, 1.54) is 69.6 Å². The number of rotatable bonds is 21. The standard InChI is InChI=1S/C26H50O3P/c1-6-9-19-30(20-10-7-2,21-11-8-3)22-13-12-14-24(27)15-16-25(28)17-18-26(29)23(4)5/h23H,6-22H2,1-5H3/q+1. The zero-order valence-corrected chi connectivity index (χ0v) is 21.7. The van der Waals surface area contributed by atoms with E-state index in [1.54, 1.807) is 0 Å². The molecule has 0 rings (SSSR count). The van der Waals surface area contributed by atoms with Gasteiger partial charge in [-0.15, -0.1) is 0 Å². The van der Waals surface area contributed by atoms with E-state index in [1.807, 2.05) is 13.8 Å². The first-order valence-corrected chi connectivity index (χ1v) is 15.2. The summed E-state index contributed by atoms with van der Waals surface area (Å²) in [5.74, 6) is 0.399. The van der Waals surface area contributed by atoms with Crippen LogP contribution in [0.1, 0.15) is 118 Å². The number of carbonyl (C=O) groups excluding carboxylic acids is 3. The molecule has 0 aromatic heterocycles. The van der Waals surface area contributed by atoms with E-state index >= 15 is 0 Å². The van der Waals surface area contributed by atoms with Crippen molar-refractivity contribution < 1.29 is 14.4 Å². The van der Waals surface area contributed by atoms with Crippen LogP contribution < -0.4 is 0 Å². The van der Waals surface area contributed by atoms with Crippen molar-refractivity contribution in [3.05, 3.63) is 0 Å². The Balaban J connectivity index is 4.32. The van der Waals surface area contributed by atoms with E-state index in [4.69, 9.17) is 0 Å². The lowest BCUT2D eigenvalue weighted by atomic mass is 10.0. The van der Waals surface area contributed by atoms with E-state index in [-0.39, 0.29) is 23.3 Å². The van der Waals surface area contributed by atoms with Gasteiger partial charge in [0.25, 0.3) is 0 Å². The Bertz CT molecular complexity index is 463. The van der Waals surface area contributed by atoms with Gasteiger partial charge in [-0.1, -0.05) is 53.9 Å². The molecule has 0 fully saturated rings. The van der Waals surface area contributed by atoms with Crippen molar-refractivity contribution in [3.63, 3.8) is 0 Å². The highest BCUT2D eigenvalue weighted by Gasteiger charge is 2.34. The van der Waals surface area contributed by atoms with Crippen LogP contribution in [0.3, 0.4) is 0 Å². The summed E-state index contributed by atoms with van der Waals surface area (Å²) in [4.78, 5) is 35.8. The minimum absolute atomic E-state index is 0.0126. The molecule has 30 heavy (non-hydrogen) atoms. The van der Waals surface area contributed by atoms with Gasteiger partial charge < -0.3 is 0 Å². The number of ketones is 3. The van der Waals surface area contributed by atoms with Crippen LogP contribution in [0, 0.1) is 5.92 Å². The molecular formula is C26H50O3P+. The number of Topliss-reactive ketones (excluding diaryl/α,β-unsaturated/α-hetero) is 3. The summed E-state index contributed by atoms with van der Waals surface area (Å²) < 4.78 is 0. The van der Waals surface area contributed by atoms with Crippen LogP contribution in [0.15, 0.2) is 0 Å². The van der Waals surface area contributed by atoms with Crippen molar-refractivity contribution in [2.45, 2.75) is 118 Å². The van der Waals surface area contributed by atoms with Crippen LogP contribution >= 0.6 is 7.26 Å². The Labute approximate surface area is 187 Å². The largest absolute Gasteiger partial charge is 0.300 e. The summed E-state index contributed by atoms with van der Waals surface area (Å²) in [6, 6.07) is 0. The Morgan fingerprint density at radius 1 is 0.567 bits per heavy atom. The average molecular weight is 442 g/mol. The first kappa shape index (κ1) is 29.4. The van der Waals surface area contributed by atoms with Crippen LogP contribution in [0.2, 0.25) is 0 Å². The van der Waals surface area contributed by atoms with Crippen molar-refractivity contribution in [2.24, 2.45) is 5.92 Å². The van der Waals surface area contributed by atoms with Crippen molar-refractivity contribution in [2.75, 3.05) is 24.6 Å². The molecule has 0 amide bonds. The minimum Gasteiger partial charge on any atom is -0.300 e. The molecule has 4 heteroatoms. The minimum atomic E-state index is -0.861. The monoisotopic (exact) mass is 441 g/mol. The Hall–Kier alpha value is -0.560. The van der Waals surface area contributed by atoms with Crippen LogP contribution in [0.4, 0.5) is 0 Å². The Morgan fingerprint density at radius 2 is 0.967 bits per heavy atom. The van der Waals surface area contributed by atoms with Crippen molar-refractivity contribution in [1.29, 1.82) is 0 Å². The molecule has 3 nitrogen and oxygen atoms in total. The summed E-state index contributed by atoms with van der Waals surface area (Å²) >= 11 is 0. The van der Waals surface area contributed by atoms with Gasteiger partial charge in [0.2, 0.25) is 0 Å². The molecule has 0 saturated heterocycles. The van der Waals surface area contributed by atoms with E-state index < -0.39 is 7.26 Å². The molecule has 0 N–H and O–H groups in total. The number of carbonyl (C=O) groups is 3. The van der Waals surface area contributed by atoms with Gasteiger partial charge in [0.05, 0.1) is 24.6 Å². The summed E-state index contributed by atoms with van der Waals surface area (Å²) in [5, 5.41) is 0. The van der Waals surface area contributed by atoms with Gasteiger partial charge in [-0.2, -0.15) is 0 Å². The van der Waals surface area contributed by atoms with Crippen LogP contribution in [-0.4, -0.2) is 42.0 Å². The normalized spacial score (nSPS) is 11.8. The molecule has 0 bridgehead atoms. The molecule has 0 atom stereocenters. The molecule has 0 aliphatic carbocycles. The summed E-state index contributed by atoms with van der Waals surface area (Å²) in [5.41, 5.74) is 0. The molecule has 0 aromatic rings. The number of hydrogen-bond donors (Lipinski definition) is 0. The Morgan fingerprint density at radius 3 is 1.40 bits per heavy atom. The maximum absolute atomic E-state index is 12.2. The molecule has 0 radical (unpaired) electrons. The molecule has 176 valence electrons. The summed E-state index contributed by atoms with van der Waals surface area (Å²) in [6.07, 6.45) is 17.7. The topological polar surface area (TPSA) is 51.2 Å². The fourth-order valence-electron chi connectivity index (χ4n) is 4.00. The molecule has 0 unspecified atom stereocenters. The quantitative estimate of drug-likeness (QED) is 0.137. The van der Waals surface area contributed by atoms with Gasteiger partial charge in [-0.3, -0.25) is 14.4 Å². The predicted octanol–water partition coefficient (Wildman–Crippen LogP) is 7.50. The van der Waals surface area contributed by atoms with Crippen LogP contribution in [-0.2, 0) is 14.4 Å². The van der Waals surface area contributed by atoms with Gasteiger partial charge in [0, 0.05) is 45.3 Å². The van der Waals surface area contributed by atoms with Gasteiger partial charge in [-0.05, 0) is 32.1 Å². The molecule has 0 aliphatic heterocycles. The average Bonchev–Trinajstić information content (AvgIpc) is 2.73. The smallest absolute Gasteiger partial charge is 0.135 e. The lowest BCUT2D eigenvalue weighted by Crippen LogP contribution is -2.13. The van der Waals surface area contributed by atoms with Crippen molar-refractivity contribution >= 4 is 24.6 Å². The van der Waals surface area contributed by atoms with Gasteiger partial charge in [0.1, 0.15) is 17.3 Å². The lowest BCUT2D eigenvalue weighted by molar-refractivity contribution is -0.127. The fraction of sp³-hybridized carbons (Fsp3) is 0.885. The van der Waals surface area contributed by atoms with E-state index in [2.05, 4.69) is 20.8 Å². The second-order valence-corrected chi connectivity index (χ2v) is 13.9. The highest BCUT2D eigenvalue weighted by Crippen LogP contribution is 2.61. The third kappa shape index (κ3) is 14.4. The second kappa shape index (κ2) is 18.1. The Kier molecular flexibility index (Phi) is 17.7. The molecule has 0 aromatic carbocycles. The van der Waals surface area contributed by atoms with Crippen molar-refractivity contribution in [3.8, 4) is 0 Å². The van der Waals surface area contributed by atoms with Crippen LogP contribution in [0.25, 0.3) is 0 Å². The molecule has 0 saturated carbocycles. The summed E-state index contributed by atoms with van der Waals surface area (Å²) in [6.45, 7) is 10.6. The highest BCUT2D eigenvalue weighted by molar-refractivity contribution is 7.75. The predicted molar refractivity (Wildman–Crippen MR) is 133 cm³/mol. The van der Waals surface area contributed by atoms with Gasteiger partial charge >= 0.3 is 0 Å². The maximum Gasteiger partial charge on any atom is 0.135 e. The zero-order valence-electron chi connectivity index (χ0n) is 20.8. The zero-order chi connectivity index (χ0) is 22.8. The fourth-order valence-corrected chi connectivity index (χ4v) is 9.20.